The molecule has 0 saturated heterocycles. The highest BCUT2D eigenvalue weighted by molar-refractivity contribution is 5.66. The Hall–Kier alpha value is -1.35. The molecule has 1 radical (unpaired) electrons. The number of benzene rings is 1. The second-order valence-electron chi connectivity index (χ2n) is 5.50. The molecule has 3 nitrogen and oxygen atoms in total. The summed E-state index contributed by atoms with van der Waals surface area (Å²) in [5, 5.41) is 0. The van der Waals surface area contributed by atoms with E-state index in [1.807, 2.05) is 18.2 Å². The SMILES string of the molecule is CC(=O)O[C@@H]1[CH][C@@H]2C[C@H]1C[C@@H]2OCc1ccccc1. The number of rotatable bonds is 4. The first-order valence-corrected chi connectivity index (χ1v) is 6.90. The summed E-state index contributed by atoms with van der Waals surface area (Å²) in [6.45, 7) is 2.14. The van der Waals surface area contributed by atoms with E-state index in [4.69, 9.17) is 9.47 Å². The number of hydrogen-bond donors (Lipinski definition) is 0. The zero-order valence-corrected chi connectivity index (χ0v) is 11.1. The van der Waals surface area contributed by atoms with E-state index in [1.54, 1.807) is 0 Å². The summed E-state index contributed by atoms with van der Waals surface area (Å²) in [6.07, 6.45) is 4.56. The van der Waals surface area contributed by atoms with Gasteiger partial charge in [-0.3, -0.25) is 4.79 Å². The molecule has 0 heterocycles. The molecule has 0 N–H and O–H groups in total. The fraction of sp³-hybridized carbons (Fsp3) is 0.500. The van der Waals surface area contributed by atoms with Crippen molar-refractivity contribution in [2.45, 2.75) is 38.6 Å². The van der Waals surface area contributed by atoms with Gasteiger partial charge in [0.1, 0.15) is 6.10 Å². The lowest BCUT2D eigenvalue weighted by Crippen LogP contribution is -2.31. The monoisotopic (exact) mass is 259 g/mol. The third-order valence-corrected chi connectivity index (χ3v) is 4.10. The van der Waals surface area contributed by atoms with Crippen LogP contribution in [0.2, 0.25) is 0 Å². The van der Waals surface area contributed by atoms with Crippen molar-refractivity contribution in [3.05, 3.63) is 42.3 Å². The molecule has 19 heavy (non-hydrogen) atoms. The highest BCUT2D eigenvalue weighted by atomic mass is 16.5. The summed E-state index contributed by atoms with van der Waals surface area (Å²) in [5.74, 6) is 0.711. The van der Waals surface area contributed by atoms with E-state index in [0.29, 0.717) is 18.4 Å². The van der Waals surface area contributed by atoms with Crippen LogP contribution in [0.15, 0.2) is 30.3 Å². The minimum atomic E-state index is -0.185. The van der Waals surface area contributed by atoms with E-state index < -0.39 is 0 Å². The van der Waals surface area contributed by atoms with Gasteiger partial charge in [-0.2, -0.15) is 0 Å². The maximum Gasteiger partial charge on any atom is 0.302 e. The molecule has 101 valence electrons. The van der Waals surface area contributed by atoms with Gasteiger partial charge >= 0.3 is 5.97 Å². The first kappa shape index (κ1) is 12.7. The van der Waals surface area contributed by atoms with Crippen LogP contribution in [0.25, 0.3) is 0 Å². The molecule has 0 amide bonds. The smallest absolute Gasteiger partial charge is 0.302 e. The second kappa shape index (κ2) is 5.33. The van der Waals surface area contributed by atoms with Crippen LogP contribution in [-0.4, -0.2) is 18.2 Å². The zero-order chi connectivity index (χ0) is 13.2. The van der Waals surface area contributed by atoms with Gasteiger partial charge in [-0.15, -0.1) is 0 Å². The number of ether oxygens (including phenoxy) is 2. The minimum absolute atomic E-state index is 0.0130. The summed E-state index contributed by atoms with van der Waals surface area (Å²) in [7, 11) is 0. The van der Waals surface area contributed by atoms with Crippen LogP contribution in [0, 0.1) is 18.3 Å². The molecule has 3 heteroatoms. The molecule has 2 aliphatic rings. The molecule has 4 atom stereocenters. The summed E-state index contributed by atoms with van der Waals surface area (Å²) in [6, 6.07) is 10.2. The normalized spacial score (nSPS) is 32.5. The van der Waals surface area contributed by atoms with Crippen molar-refractivity contribution in [1.29, 1.82) is 0 Å². The Morgan fingerprint density at radius 3 is 2.68 bits per heavy atom. The van der Waals surface area contributed by atoms with Crippen LogP contribution in [-0.2, 0) is 20.9 Å². The largest absolute Gasteiger partial charge is 0.462 e. The number of hydrogen-bond acceptors (Lipinski definition) is 3. The lowest BCUT2D eigenvalue weighted by molar-refractivity contribution is -0.147. The molecule has 2 fully saturated rings. The standard InChI is InChI=1S/C16H19O3/c1-11(17)19-16-9-13-7-14(16)8-15(13)18-10-12-5-3-2-4-6-12/h2-6,9,13-16H,7-8,10H2,1H3/t13-,14-,15-,16+/m0/s1. The molecule has 2 bridgehead atoms. The van der Waals surface area contributed by atoms with Crippen LogP contribution in [0.1, 0.15) is 25.3 Å². The lowest BCUT2D eigenvalue weighted by atomic mass is 9.95. The van der Waals surface area contributed by atoms with Crippen molar-refractivity contribution < 1.29 is 14.3 Å². The van der Waals surface area contributed by atoms with E-state index in [0.717, 1.165) is 12.8 Å². The average molecular weight is 259 g/mol. The van der Waals surface area contributed by atoms with Gasteiger partial charge in [-0.1, -0.05) is 30.3 Å². The van der Waals surface area contributed by atoms with Gasteiger partial charge in [0.15, 0.2) is 0 Å². The highest BCUT2D eigenvalue weighted by Gasteiger charge is 2.48. The molecule has 0 unspecified atom stereocenters. The van der Waals surface area contributed by atoms with Crippen molar-refractivity contribution in [1.82, 2.24) is 0 Å². The molecule has 2 saturated carbocycles. The molecule has 1 aromatic carbocycles. The third kappa shape index (κ3) is 2.81. The van der Waals surface area contributed by atoms with E-state index in [1.165, 1.54) is 12.5 Å². The molecular formula is C16H19O3. The van der Waals surface area contributed by atoms with Crippen LogP contribution in [0.5, 0.6) is 0 Å². The fourth-order valence-electron chi connectivity index (χ4n) is 3.24. The Morgan fingerprint density at radius 1 is 1.26 bits per heavy atom. The number of esters is 1. The molecule has 0 aromatic heterocycles. The minimum Gasteiger partial charge on any atom is -0.462 e. The van der Waals surface area contributed by atoms with E-state index in [9.17, 15) is 4.79 Å². The molecule has 0 spiro atoms. The van der Waals surface area contributed by atoms with Crippen LogP contribution in [0.4, 0.5) is 0 Å². The van der Waals surface area contributed by atoms with Gasteiger partial charge in [0.25, 0.3) is 0 Å². The first-order valence-electron chi connectivity index (χ1n) is 6.90. The molecule has 3 rings (SSSR count). The van der Waals surface area contributed by atoms with Gasteiger partial charge in [0.2, 0.25) is 0 Å². The average Bonchev–Trinajstić information content (AvgIpc) is 2.96. The number of carbonyl (C=O) groups is 1. The summed E-state index contributed by atoms with van der Waals surface area (Å²) in [4.78, 5) is 11.0. The van der Waals surface area contributed by atoms with Gasteiger partial charge < -0.3 is 9.47 Å². The lowest BCUT2D eigenvalue weighted by Gasteiger charge is -2.27. The van der Waals surface area contributed by atoms with Crippen LogP contribution in [0.3, 0.4) is 0 Å². The van der Waals surface area contributed by atoms with Crippen molar-refractivity contribution in [3.8, 4) is 0 Å². The summed E-state index contributed by atoms with van der Waals surface area (Å²) < 4.78 is 11.3. The number of fused-ring (bicyclic) bond motifs is 2. The summed E-state index contributed by atoms with van der Waals surface area (Å²) >= 11 is 0. The Labute approximate surface area is 113 Å². The second-order valence-corrected chi connectivity index (χ2v) is 5.50. The van der Waals surface area contributed by atoms with E-state index in [2.05, 4.69) is 18.6 Å². The Kier molecular flexibility index (Phi) is 3.56. The topological polar surface area (TPSA) is 35.5 Å². The van der Waals surface area contributed by atoms with Gasteiger partial charge in [-0.25, -0.2) is 0 Å². The quantitative estimate of drug-likeness (QED) is 0.780. The van der Waals surface area contributed by atoms with Crippen LogP contribution < -0.4 is 0 Å². The first-order chi connectivity index (χ1) is 9.22. The fourth-order valence-corrected chi connectivity index (χ4v) is 3.24. The van der Waals surface area contributed by atoms with Gasteiger partial charge in [0, 0.05) is 13.3 Å². The van der Waals surface area contributed by atoms with E-state index >= 15 is 0 Å². The Balaban J connectivity index is 1.50. The molecular weight excluding hydrogens is 240 g/mol. The van der Waals surface area contributed by atoms with Crippen molar-refractivity contribution in [2.24, 2.45) is 11.8 Å². The van der Waals surface area contributed by atoms with Crippen molar-refractivity contribution >= 4 is 5.97 Å². The van der Waals surface area contributed by atoms with Gasteiger partial charge in [0.05, 0.1) is 12.7 Å². The van der Waals surface area contributed by atoms with Crippen molar-refractivity contribution in [2.75, 3.05) is 0 Å². The van der Waals surface area contributed by atoms with Crippen molar-refractivity contribution in [3.63, 3.8) is 0 Å². The molecule has 0 aliphatic heterocycles. The predicted molar refractivity (Wildman–Crippen MR) is 71.1 cm³/mol. The molecule has 2 aliphatic carbocycles. The third-order valence-electron chi connectivity index (χ3n) is 4.10. The number of carbonyl (C=O) groups excluding carboxylic acids is 1. The highest BCUT2D eigenvalue weighted by Crippen LogP contribution is 2.47. The van der Waals surface area contributed by atoms with Gasteiger partial charge in [-0.05, 0) is 30.2 Å². The maximum absolute atomic E-state index is 11.0. The van der Waals surface area contributed by atoms with Crippen LogP contribution >= 0.6 is 0 Å². The zero-order valence-electron chi connectivity index (χ0n) is 11.1. The Morgan fingerprint density at radius 2 is 2.05 bits per heavy atom. The van der Waals surface area contributed by atoms with E-state index in [-0.39, 0.29) is 18.2 Å². The maximum atomic E-state index is 11.0. The molecule has 1 aromatic rings. The summed E-state index contributed by atoms with van der Waals surface area (Å²) in [5.41, 5.74) is 1.21. The predicted octanol–water partition coefficient (Wildman–Crippen LogP) is 2.75. The Bertz CT molecular complexity index is 443.